The minimum Gasteiger partial charge on any atom is -0.314 e. The number of nitrogens with zero attached hydrogens (tertiary/aromatic N) is 1. The van der Waals surface area contributed by atoms with E-state index in [4.69, 9.17) is 0 Å². The molecule has 1 rings (SSSR count). The summed E-state index contributed by atoms with van der Waals surface area (Å²) in [4.78, 5) is 2.68. The van der Waals surface area contributed by atoms with Crippen LogP contribution in [0.15, 0.2) is 0 Å². The summed E-state index contributed by atoms with van der Waals surface area (Å²) in [6, 6.07) is 0.740. The Hall–Kier alpha value is -0.0800. The molecule has 3 atom stereocenters. The van der Waals surface area contributed by atoms with Crippen molar-refractivity contribution in [3.05, 3.63) is 0 Å². The summed E-state index contributed by atoms with van der Waals surface area (Å²) in [7, 11) is 0. The topological polar surface area (TPSA) is 15.3 Å². The predicted molar refractivity (Wildman–Crippen MR) is 94.8 cm³/mol. The van der Waals surface area contributed by atoms with Gasteiger partial charge < -0.3 is 10.2 Å². The molecule has 0 bridgehead atoms. The monoisotopic (exact) mass is 296 g/mol. The van der Waals surface area contributed by atoms with Gasteiger partial charge in [-0.1, -0.05) is 48.0 Å². The highest BCUT2D eigenvalue weighted by atomic mass is 15.1. The highest BCUT2D eigenvalue weighted by molar-refractivity contribution is 4.90. The van der Waals surface area contributed by atoms with Gasteiger partial charge in [-0.2, -0.15) is 0 Å². The van der Waals surface area contributed by atoms with Crippen LogP contribution in [0.5, 0.6) is 0 Å². The number of rotatable bonds is 8. The van der Waals surface area contributed by atoms with Crippen LogP contribution in [-0.4, -0.2) is 37.1 Å². The third-order valence-corrected chi connectivity index (χ3v) is 5.44. The van der Waals surface area contributed by atoms with Crippen LogP contribution in [0, 0.1) is 17.3 Å². The highest BCUT2D eigenvalue weighted by Crippen LogP contribution is 2.40. The Morgan fingerprint density at radius 2 is 1.81 bits per heavy atom. The molecule has 0 radical (unpaired) electrons. The summed E-state index contributed by atoms with van der Waals surface area (Å²) in [5, 5.41) is 3.77. The van der Waals surface area contributed by atoms with E-state index in [0.717, 1.165) is 24.4 Å². The lowest BCUT2D eigenvalue weighted by Crippen LogP contribution is -2.47. The van der Waals surface area contributed by atoms with Crippen LogP contribution < -0.4 is 5.32 Å². The average Bonchev–Trinajstić information content (AvgIpc) is 2.44. The largest absolute Gasteiger partial charge is 0.314 e. The van der Waals surface area contributed by atoms with E-state index in [1.54, 1.807) is 0 Å². The fraction of sp³-hybridized carbons (Fsp3) is 1.00. The van der Waals surface area contributed by atoms with Gasteiger partial charge in [-0.05, 0) is 62.6 Å². The quantitative estimate of drug-likeness (QED) is 0.707. The first-order valence-corrected chi connectivity index (χ1v) is 9.38. The summed E-state index contributed by atoms with van der Waals surface area (Å²) in [6.07, 6.45) is 6.83. The molecule has 0 saturated heterocycles. The molecule has 2 nitrogen and oxygen atoms in total. The van der Waals surface area contributed by atoms with Crippen molar-refractivity contribution in [1.29, 1.82) is 0 Å². The minimum absolute atomic E-state index is 0.468. The lowest BCUT2D eigenvalue weighted by Gasteiger charge is -2.43. The fourth-order valence-electron chi connectivity index (χ4n) is 3.88. The lowest BCUT2D eigenvalue weighted by molar-refractivity contribution is 0.0886. The first-order chi connectivity index (χ1) is 9.92. The van der Waals surface area contributed by atoms with E-state index >= 15 is 0 Å². The van der Waals surface area contributed by atoms with E-state index in [0.29, 0.717) is 5.41 Å². The maximum atomic E-state index is 3.77. The van der Waals surface area contributed by atoms with Crippen LogP contribution in [0.1, 0.15) is 73.6 Å². The number of hydrogen-bond donors (Lipinski definition) is 1. The molecular formula is C19H40N2. The lowest BCUT2D eigenvalue weighted by atomic mass is 9.67. The van der Waals surface area contributed by atoms with E-state index in [-0.39, 0.29) is 0 Å². The third kappa shape index (κ3) is 6.28. The van der Waals surface area contributed by atoms with Crippen molar-refractivity contribution >= 4 is 0 Å². The molecule has 1 aliphatic rings. The van der Waals surface area contributed by atoms with Crippen molar-refractivity contribution in [3.63, 3.8) is 0 Å². The Kier molecular flexibility index (Phi) is 8.26. The molecule has 0 aliphatic heterocycles. The smallest absolute Gasteiger partial charge is 0.0108 e. The molecule has 0 aromatic carbocycles. The van der Waals surface area contributed by atoms with Gasteiger partial charge in [0, 0.05) is 12.6 Å². The summed E-state index contributed by atoms with van der Waals surface area (Å²) in [5.74, 6) is 1.72. The zero-order chi connectivity index (χ0) is 15.9. The molecule has 1 N–H and O–H groups in total. The Labute approximate surface area is 134 Å². The van der Waals surface area contributed by atoms with Crippen molar-refractivity contribution in [2.24, 2.45) is 17.3 Å². The summed E-state index contributed by atoms with van der Waals surface area (Å²) < 4.78 is 0. The van der Waals surface area contributed by atoms with Crippen LogP contribution in [0.4, 0.5) is 0 Å². The molecule has 21 heavy (non-hydrogen) atoms. The van der Waals surface area contributed by atoms with Gasteiger partial charge in [0.15, 0.2) is 0 Å². The highest BCUT2D eigenvalue weighted by Gasteiger charge is 2.35. The third-order valence-electron chi connectivity index (χ3n) is 5.44. The maximum absolute atomic E-state index is 3.77. The van der Waals surface area contributed by atoms with E-state index in [9.17, 15) is 0 Å². The second kappa shape index (κ2) is 9.15. The van der Waals surface area contributed by atoms with Gasteiger partial charge in [0.2, 0.25) is 0 Å². The van der Waals surface area contributed by atoms with Crippen LogP contribution in [0.25, 0.3) is 0 Å². The second-order valence-electron chi connectivity index (χ2n) is 8.05. The van der Waals surface area contributed by atoms with Crippen LogP contribution >= 0.6 is 0 Å². The minimum atomic E-state index is 0.468. The number of nitrogens with one attached hydrogen (secondary N) is 1. The first kappa shape index (κ1) is 19.0. The van der Waals surface area contributed by atoms with Crippen molar-refractivity contribution in [2.45, 2.75) is 79.7 Å². The zero-order valence-electron chi connectivity index (χ0n) is 15.5. The van der Waals surface area contributed by atoms with Crippen molar-refractivity contribution < 1.29 is 0 Å². The zero-order valence-corrected chi connectivity index (χ0v) is 15.5. The molecule has 0 amide bonds. The average molecular weight is 297 g/mol. The van der Waals surface area contributed by atoms with Gasteiger partial charge in [-0.25, -0.2) is 0 Å². The van der Waals surface area contributed by atoms with E-state index in [1.165, 1.54) is 51.7 Å². The predicted octanol–water partition coefficient (Wildman–Crippen LogP) is 4.55. The first-order valence-electron chi connectivity index (χ1n) is 9.38. The summed E-state index contributed by atoms with van der Waals surface area (Å²) in [6.45, 7) is 19.0. The molecular weight excluding hydrogens is 256 g/mol. The van der Waals surface area contributed by atoms with Gasteiger partial charge in [-0.3, -0.25) is 0 Å². The molecule has 1 aliphatic carbocycles. The van der Waals surface area contributed by atoms with E-state index < -0.39 is 0 Å². The van der Waals surface area contributed by atoms with Crippen molar-refractivity contribution in [2.75, 3.05) is 26.2 Å². The molecule has 1 fully saturated rings. The molecule has 0 aromatic heterocycles. The fourth-order valence-corrected chi connectivity index (χ4v) is 3.88. The van der Waals surface area contributed by atoms with E-state index in [1.807, 2.05) is 0 Å². The van der Waals surface area contributed by atoms with Crippen LogP contribution in [0.3, 0.4) is 0 Å². The molecule has 0 aromatic rings. The number of hydrogen-bond acceptors (Lipinski definition) is 2. The standard InChI is InChI=1S/C19H40N2/c1-7-10-13-21(9-3)15-16-14-17(19(4,5)6)11-12-18(16)20-8-2/h16-18,20H,7-15H2,1-6H3. The van der Waals surface area contributed by atoms with Gasteiger partial charge >= 0.3 is 0 Å². The molecule has 2 heteroatoms. The maximum Gasteiger partial charge on any atom is 0.0108 e. The van der Waals surface area contributed by atoms with Crippen LogP contribution in [0.2, 0.25) is 0 Å². The van der Waals surface area contributed by atoms with Gasteiger partial charge in [0.25, 0.3) is 0 Å². The number of unbranched alkanes of at least 4 members (excludes halogenated alkanes) is 1. The molecule has 0 heterocycles. The van der Waals surface area contributed by atoms with Crippen molar-refractivity contribution in [1.82, 2.24) is 10.2 Å². The Morgan fingerprint density at radius 1 is 1.10 bits per heavy atom. The second-order valence-corrected chi connectivity index (χ2v) is 8.05. The van der Waals surface area contributed by atoms with Gasteiger partial charge in [0.05, 0.1) is 0 Å². The van der Waals surface area contributed by atoms with Gasteiger partial charge in [0.1, 0.15) is 0 Å². The van der Waals surface area contributed by atoms with Gasteiger partial charge in [-0.15, -0.1) is 0 Å². The normalized spacial score (nSPS) is 27.3. The van der Waals surface area contributed by atoms with E-state index in [2.05, 4.69) is 51.8 Å². The van der Waals surface area contributed by atoms with Crippen molar-refractivity contribution in [3.8, 4) is 0 Å². The summed E-state index contributed by atoms with van der Waals surface area (Å²) >= 11 is 0. The molecule has 0 spiro atoms. The summed E-state index contributed by atoms with van der Waals surface area (Å²) in [5.41, 5.74) is 0.468. The Balaban J connectivity index is 2.65. The Morgan fingerprint density at radius 3 is 2.33 bits per heavy atom. The van der Waals surface area contributed by atoms with Crippen LogP contribution in [-0.2, 0) is 0 Å². The molecule has 3 unspecified atom stereocenters. The SMILES string of the molecule is CCCCN(CC)CC1CC(C(C)(C)C)CCC1NCC. The molecule has 126 valence electrons. The molecule has 1 saturated carbocycles. The Bertz CT molecular complexity index is 269.